The molecule has 25 heavy (non-hydrogen) atoms. The van der Waals surface area contributed by atoms with E-state index < -0.39 is 5.97 Å². The predicted octanol–water partition coefficient (Wildman–Crippen LogP) is 3.43. The fourth-order valence-corrected chi connectivity index (χ4v) is 2.73. The summed E-state index contributed by atoms with van der Waals surface area (Å²) in [6, 6.07) is 6.59. The van der Waals surface area contributed by atoms with Gasteiger partial charge in [-0.3, -0.25) is 0 Å². The minimum Gasteiger partial charge on any atom is -0.478 e. The molecule has 6 nitrogen and oxygen atoms in total. The number of imidazole rings is 1. The molecule has 0 saturated heterocycles. The molecule has 0 amide bonds. The first-order chi connectivity index (χ1) is 12.2. The van der Waals surface area contributed by atoms with E-state index in [0.29, 0.717) is 17.9 Å². The second-order valence-corrected chi connectivity index (χ2v) is 5.76. The van der Waals surface area contributed by atoms with Crippen molar-refractivity contribution in [3.8, 4) is 11.5 Å². The lowest BCUT2D eigenvalue weighted by molar-refractivity contribution is 0.0697. The molecule has 0 aliphatic heterocycles. The van der Waals surface area contributed by atoms with Crippen LogP contribution in [0.1, 0.15) is 21.8 Å². The van der Waals surface area contributed by atoms with E-state index in [9.17, 15) is 4.79 Å². The van der Waals surface area contributed by atoms with Crippen LogP contribution in [-0.2, 0) is 13.0 Å². The number of hydrogen-bond donors (Lipinski definition) is 1. The molecule has 124 valence electrons. The van der Waals surface area contributed by atoms with Gasteiger partial charge in [-0.2, -0.15) is 0 Å². The fourth-order valence-electron chi connectivity index (χ4n) is 2.73. The van der Waals surface area contributed by atoms with Crippen LogP contribution in [0, 0.1) is 0 Å². The van der Waals surface area contributed by atoms with Gasteiger partial charge in [0.25, 0.3) is 0 Å². The van der Waals surface area contributed by atoms with E-state index in [1.807, 2.05) is 22.9 Å². The summed E-state index contributed by atoms with van der Waals surface area (Å²) < 4.78 is 7.87. The molecule has 2 aromatic heterocycles. The van der Waals surface area contributed by atoms with Crippen molar-refractivity contribution in [1.82, 2.24) is 14.5 Å². The van der Waals surface area contributed by atoms with Crippen LogP contribution in [0.5, 0.6) is 0 Å². The van der Waals surface area contributed by atoms with Gasteiger partial charge in [-0.25, -0.2) is 14.8 Å². The Balaban J connectivity index is 1.59. The Morgan fingerprint density at radius 3 is 3.04 bits per heavy atom. The summed E-state index contributed by atoms with van der Waals surface area (Å²) in [6.07, 6.45) is 12.1. The molecule has 0 spiro atoms. The second kappa shape index (κ2) is 6.24. The van der Waals surface area contributed by atoms with Gasteiger partial charge < -0.3 is 14.1 Å². The van der Waals surface area contributed by atoms with Gasteiger partial charge >= 0.3 is 5.97 Å². The summed E-state index contributed by atoms with van der Waals surface area (Å²) in [7, 11) is 0. The molecule has 4 rings (SSSR count). The van der Waals surface area contributed by atoms with Crippen molar-refractivity contribution in [1.29, 1.82) is 0 Å². The van der Waals surface area contributed by atoms with E-state index in [-0.39, 0.29) is 5.56 Å². The Morgan fingerprint density at radius 2 is 2.24 bits per heavy atom. The lowest BCUT2D eigenvalue weighted by Gasteiger charge is -2.02. The maximum absolute atomic E-state index is 11.1. The van der Waals surface area contributed by atoms with Crippen LogP contribution >= 0.6 is 0 Å². The summed E-state index contributed by atoms with van der Waals surface area (Å²) in [5, 5.41) is 9.11. The molecule has 1 aromatic carbocycles. The molecule has 0 radical (unpaired) electrons. The van der Waals surface area contributed by atoms with Crippen LogP contribution in [0.2, 0.25) is 0 Å². The number of carbonyl (C=O) groups is 1. The Kier molecular flexibility index (Phi) is 3.78. The van der Waals surface area contributed by atoms with Crippen molar-refractivity contribution in [2.24, 2.45) is 0 Å². The first-order valence-corrected chi connectivity index (χ1v) is 7.85. The summed E-state index contributed by atoms with van der Waals surface area (Å²) in [4.78, 5) is 19.7. The number of aromatic nitrogens is 3. The van der Waals surface area contributed by atoms with E-state index in [2.05, 4.69) is 16.0 Å². The molecule has 2 heterocycles. The van der Waals surface area contributed by atoms with E-state index in [1.165, 1.54) is 0 Å². The Labute approximate surface area is 143 Å². The van der Waals surface area contributed by atoms with Crippen LogP contribution in [0.4, 0.5) is 0 Å². The predicted molar refractivity (Wildman–Crippen MR) is 91.9 cm³/mol. The lowest BCUT2D eigenvalue weighted by Crippen LogP contribution is -1.96. The van der Waals surface area contributed by atoms with Crippen molar-refractivity contribution >= 4 is 12.0 Å². The monoisotopic (exact) mass is 333 g/mol. The van der Waals surface area contributed by atoms with E-state index in [1.54, 1.807) is 36.8 Å². The second-order valence-electron chi connectivity index (χ2n) is 5.76. The van der Waals surface area contributed by atoms with Crippen molar-refractivity contribution in [2.45, 2.75) is 13.0 Å². The molecule has 0 bridgehead atoms. The zero-order chi connectivity index (χ0) is 17.2. The average molecular weight is 333 g/mol. The number of rotatable bonds is 4. The summed E-state index contributed by atoms with van der Waals surface area (Å²) in [6.45, 7) is 0.744. The van der Waals surface area contributed by atoms with Crippen LogP contribution in [0.3, 0.4) is 0 Å². The Morgan fingerprint density at radius 1 is 1.32 bits per heavy atom. The maximum atomic E-state index is 11.1. The topological polar surface area (TPSA) is 81.1 Å². The Hall–Kier alpha value is -3.41. The Bertz CT molecular complexity index is 981. The smallest absolute Gasteiger partial charge is 0.335 e. The van der Waals surface area contributed by atoms with E-state index in [4.69, 9.17) is 9.52 Å². The standard InChI is InChI=1S/C19H15N3O3/c23-19(24)15-3-1-2-14(10-15)18-21-16-6-4-13(5-7-17(16)25-18)11-22-9-8-20-12-22/h1-6,8-10,12H,7,11H2,(H,23,24). The number of allylic oxidation sites excluding steroid dienone is 3. The van der Waals surface area contributed by atoms with Crippen LogP contribution in [0.25, 0.3) is 17.5 Å². The minimum atomic E-state index is -0.970. The van der Waals surface area contributed by atoms with Gasteiger partial charge in [-0.15, -0.1) is 0 Å². The van der Waals surface area contributed by atoms with Gasteiger partial charge in [0.1, 0.15) is 11.5 Å². The zero-order valence-electron chi connectivity index (χ0n) is 13.3. The van der Waals surface area contributed by atoms with Gasteiger partial charge in [-0.1, -0.05) is 18.2 Å². The number of carboxylic acid groups (broad SMARTS) is 1. The number of benzene rings is 1. The number of hydrogen-bond acceptors (Lipinski definition) is 4. The van der Waals surface area contributed by atoms with E-state index in [0.717, 1.165) is 23.6 Å². The molecule has 0 saturated carbocycles. The molecular formula is C19H15N3O3. The van der Waals surface area contributed by atoms with Crippen LogP contribution in [-0.4, -0.2) is 25.6 Å². The number of nitrogens with zero attached hydrogens (tertiary/aromatic N) is 3. The molecule has 6 heteroatoms. The maximum Gasteiger partial charge on any atom is 0.335 e. The highest BCUT2D eigenvalue weighted by molar-refractivity contribution is 5.89. The third-order valence-corrected chi connectivity index (χ3v) is 4.01. The molecule has 1 aliphatic rings. The number of fused-ring (bicyclic) bond motifs is 1. The number of aromatic carboxylic acids is 1. The van der Waals surface area contributed by atoms with Crippen LogP contribution in [0.15, 0.2) is 65.1 Å². The molecule has 1 N–H and O–H groups in total. The van der Waals surface area contributed by atoms with Crippen molar-refractivity contribution < 1.29 is 14.3 Å². The van der Waals surface area contributed by atoms with Crippen molar-refractivity contribution in [2.75, 3.05) is 0 Å². The summed E-state index contributed by atoms with van der Waals surface area (Å²) in [5.41, 5.74) is 2.79. The average Bonchev–Trinajstić information content (AvgIpc) is 3.23. The molecule has 0 unspecified atom stereocenters. The largest absolute Gasteiger partial charge is 0.478 e. The molecule has 3 aromatic rings. The molecule has 1 aliphatic carbocycles. The van der Waals surface area contributed by atoms with Gasteiger partial charge in [-0.05, 0) is 29.8 Å². The first-order valence-electron chi connectivity index (χ1n) is 7.85. The highest BCUT2D eigenvalue weighted by Crippen LogP contribution is 2.26. The van der Waals surface area contributed by atoms with Gasteiger partial charge in [0.05, 0.1) is 11.9 Å². The van der Waals surface area contributed by atoms with Gasteiger partial charge in [0.2, 0.25) is 5.89 Å². The first kappa shape index (κ1) is 15.1. The summed E-state index contributed by atoms with van der Waals surface area (Å²) in [5.74, 6) is 0.235. The highest BCUT2D eigenvalue weighted by atomic mass is 16.4. The molecular weight excluding hydrogens is 318 g/mol. The number of carboxylic acids is 1. The quantitative estimate of drug-likeness (QED) is 0.791. The third kappa shape index (κ3) is 3.14. The highest BCUT2D eigenvalue weighted by Gasteiger charge is 2.15. The summed E-state index contributed by atoms with van der Waals surface area (Å²) >= 11 is 0. The van der Waals surface area contributed by atoms with Gasteiger partial charge in [0.15, 0.2) is 0 Å². The SMILES string of the molecule is O=C(O)c1cccc(-c2nc3c(o2)CC=C(Cn2ccnc2)C=C3)c1. The molecule has 0 fully saturated rings. The fraction of sp³-hybridized carbons (Fsp3) is 0.105. The lowest BCUT2D eigenvalue weighted by atomic mass is 10.1. The number of oxazole rings is 1. The van der Waals surface area contributed by atoms with E-state index >= 15 is 0 Å². The van der Waals surface area contributed by atoms with Crippen molar-refractivity contribution in [3.63, 3.8) is 0 Å². The molecule has 0 atom stereocenters. The third-order valence-electron chi connectivity index (χ3n) is 4.01. The van der Waals surface area contributed by atoms with Gasteiger partial charge in [0, 0.05) is 30.9 Å². The zero-order valence-corrected chi connectivity index (χ0v) is 13.3. The normalized spacial score (nSPS) is 13.2. The minimum absolute atomic E-state index is 0.212. The van der Waals surface area contributed by atoms with Crippen molar-refractivity contribution in [3.05, 3.63) is 77.7 Å². The van der Waals surface area contributed by atoms with Crippen LogP contribution < -0.4 is 0 Å².